The maximum atomic E-state index is 13.0. The van der Waals surface area contributed by atoms with Gasteiger partial charge < -0.3 is 19.9 Å². The Morgan fingerprint density at radius 2 is 1.97 bits per heavy atom. The van der Waals surface area contributed by atoms with Gasteiger partial charge in [0.05, 0.1) is 0 Å². The number of hydrogen-bond acceptors (Lipinski definition) is 3. The average Bonchev–Trinajstić information content (AvgIpc) is 3.00. The molecule has 2 amide bonds. The normalized spacial score (nSPS) is 18.8. The number of hydrogen-bond donors (Lipinski definition) is 2. The number of fused-ring (bicyclic) bond motifs is 1. The van der Waals surface area contributed by atoms with Gasteiger partial charge in [-0.15, -0.1) is 0 Å². The highest BCUT2D eigenvalue weighted by molar-refractivity contribution is 6.00. The van der Waals surface area contributed by atoms with E-state index in [2.05, 4.69) is 24.5 Å². The van der Waals surface area contributed by atoms with Crippen molar-refractivity contribution in [3.63, 3.8) is 0 Å². The number of aromatic nitrogens is 1. The fourth-order valence-electron chi connectivity index (χ4n) is 3.95. The van der Waals surface area contributed by atoms with Crippen molar-refractivity contribution in [1.82, 2.24) is 15.2 Å². The molecular weight excluding hydrogens is 366 g/mol. The van der Waals surface area contributed by atoms with Crippen molar-refractivity contribution < 1.29 is 14.3 Å². The van der Waals surface area contributed by atoms with Crippen LogP contribution >= 0.6 is 0 Å². The molecule has 29 heavy (non-hydrogen) atoms. The van der Waals surface area contributed by atoms with Crippen LogP contribution in [0.3, 0.4) is 0 Å². The maximum absolute atomic E-state index is 13.0. The number of nitrogens with one attached hydrogen (secondary N) is 2. The SMILES string of the molecule is CC(C)CC(NC(=O)c1cc2ccccc2n1C)C(=O)NC1CCCCOCC1. The molecule has 1 aliphatic heterocycles. The summed E-state index contributed by atoms with van der Waals surface area (Å²) in [5, 5.41) is 7.14. The predicted molar refractivity (Wildman–Crippen MR) is 115 cm³/mol. The summed E-state index contributed by atoms with van der Waals surface area (Å²) >= 11 is 0. The monoisotopic (exact) mass is 399 g/mol. The van der Waals surface area contributed by atoms with Crippen LogP contribution in [0.15, 0.2) is 30.3 Å². The lowest BCUT2D eigenvalue weighted by Gasteiger charge is -2.25. The lowest BCUT2D eigenvalue weighted by Crippen LogP contribution is -2.50. The number of para-hydroxylation sites is 1. The number of benzene rings is 1. The molecule has 1 aliphatic rings. The van der Waals surface area contributed by atoms with E-state index in [0.29, 0.717) is 24.6 Å². The van der Waals surface area contributed by atoms with E-state index in [1.165, 1.54) is 0 Å². The van der Waals surface area contributed by atoms with E-state index in [1.54, 1.807) is 0 Å². The molecule has 2 unspecified atom stereocenters. The first-order valence-electron chi connectivity index (χ1n) is 10.7. The Hall–Kier alpha value is -2.34. The van der Waals surface area contributed by atoms with Crippen molar-refractivity contribution in [2.75, 3.05) is 13.2 Å². The van der Waals surface area contributed by atoms with Crippen molar-refractivity contribution >= 4 is 22.7 Å². The Kier molecular flexibility index (Phi) is 7.31. The van der Waals surface area contributed by atoms with E-state index < -0.39 is 6.04 Å². The van der Waals surface area contributed by atoms with Gasteiger partial charge in [0, 0.05) is 37.2 Å². The summed E-state index contributed by atoms with van der Waals surface area (Å²) in [6.07, 6.45) is 4.45. The van der Waals surface area contributed by atoms with Crippen LogP contribution in [0.25, 0.3) is 10.9 Å². The Morgan fingerprint density at radius 1 is 1.17 bits per heavy atom. The topological polar surface area (TPSA) is 72.4 Å². The fourth-order valence-corrected chi connectivity index (χ4v) is 3.95. The molecule has 1 aromatic carbocycles. The number of aryl methyl sites for hydroxylation is 1. The van der Waals surface area contributed by atoms with E-state index in [9.17, 15) is 9.59 Å². The van der Waals surface area contributed by atoms with Gasteiger partial charge in [-0.05, 0) is 50.2 Å². The van der Waals surface area contributed by atoms with E-state index in [1.807, 2.05) is 41.9 Å². The third-order valence-electron chi connectivity index (χ3n) is 5.56. The van der Waals surface area contributed by atoms with Crippen molar-refractivity contribution in [1.29, 1.82) is 0 Å². The molecule has 6 heteroatoms. The van der Waals surface area contributed by atoms with Crippen molar-refractivity contribution in [2.45, 2.75) is 58.0 Å². The van der Waals surface area contributed by atoms with E-state index in [4.69, 9.17) is 4.74 Å². The van der Waals surface area contributed by atoms with Crippen LogP contribution in [-0.4, -0.2) is 41.7 Å². The van der Waals surface area contributed by atoms with Crippen LogP contribution in [0.4, 0.5) is 0 Å². The molecular formula is C23H33N3O3. The van der Waals surface area contributed by atoms with Gasteiger partial charge in [-0.1, -0.05) is 32.0 Å². The van der Waals surface area contributed by atoms with Gasteiger partial charge in [0.2, 0.25) is 5.91 Å². The number of carbonyl (C=O) groups is 2. The first kappa shape index (κ1) is 21.4. The van der Waals surface area contributed by atoms with Gasteiger partial charge in [-0.3, -0.25) is 9.59 Å². The van der Waals surface area contributed by atoms with E-state index in [-0.39, 0.29) is 17.9 Å². The molecule has 1 saturated heterocycles. The Labute approximate surface area is 173 Å². The molecule has 2 heterocycles. The number of rotatable bonds is 6. The highest BCUT2D eigenvalue weighted by Gasteiger charge is 2.26. The third-order valence-corrected chi connectivity index (χ3v) is 5.56. The second kappa shape index (κ2) is 9.92. The summed E-state index contributed by atoms with van der Waals surface area (Å²) in [6, 6.07) is 9.32. The predicted octanol–water partition coefficient (Wildman–Crippen LogP) is 3.40. The fraction of sp³-hybridized carbons (Fsp3) is 0.565. The highest BCUT2D eigenvalue weighted by Crippen LogP contribution is 2.19. The molecule has 3 rings (SSSR count). The van der Waals surface area contributed by atoms with Crippen LogP contribution in [0.1, 0.15) is 56.4 Å². The molecule has 0 aliphatic carbocycles. The molecule has 0 spiro atoms. The Bertz CT molecular complexity index is 835. The highest BCUT2D eigenvalue weighted by atomic mass is 16.5. The van der Waals surface area contributed by atoms with Gasteiger partial charge >= 0.3 is 0 Å². The van der Waals surface area contributed by atoms with E-state index in [0.717, 1.165) is 43.2 Å². The van der Waals surface area contributed by atoms with Crippen LogP contribution in [0.2, 0.25) is 0 Å². The Morgan fingerprint density at radius 3 is 2.72 bits per heavy atom. The number of ether oxygens (including phenoxy) is 1. The summed E-state index contributed by atoms with van der Waals surface area (Å²) in [5.41, 5.74) is 1.56. The summed E-state index contributed by atoms with van der Waals surface area (Å²) < 4.78 is 7.43. The first-order valence-corrected chi connectivity index (χ1v) is 10.7. The smallest absolute Gasteiger partial charge is 0.268 e. The minimum Gasteiger partial charge on any atom is -0.381 e. The number of carbonyl (C=O) groups excluding carboxylic acids is 2. The second-order valence-electron chi connectivity index (χ2n) is 8.41. The van der Waals surface area contributed by atoms with Gasteiger partial charge in [0.25, 0.3) is 5.91 Å². The molecule has 0 saturated carbocycles. The minimum atomic E-state index is -0.549. The Balaban J connectivity index is 1.70. The van der Waals surface area contributed by atoms with Crippen molar-refractivity contribution in [2.24, 2.45) is 13.0 Å². The van der Waals surface area contributed by atoms with Crippen molar-refractivity contribution in [3.05, 3.63) is 36.0 Å². The summed E-state index contributed by atoms with van der Waals surface area (Å²) in [4.78, 5) is 26.0. The zero-order valence-corrected chi connectivity index (χ0v) is 17.7. The zero-order chi connectivity index (χ0) is 20.8. The molecule has 2 atom stereocenters. The first-order chi connectivity index (χ1) is 14.0. The lowest BCUT2D eigenvalue weighted by atomic mass is 10.0. The maximum Gasteiger partial charge on any atom is 0.268 e. The third kappa shape index (κ3) is 5.60. The molecule has 2 N–H and O–H groups in total. The van der Waals surface area contributed by atoms with Crippen LogP contribution in [0.5, 0.6) is 0 Å². The molecule has 2 aromatic rings. The quantitative estimate of drug-likeness (QED) is 0.782. The molecule has 1 fully saturated rings. The van der Waals surface area contributed by atoms with E-state index >= 15 is 0 Å². The summed E-state index contributed by atoms with van der Waals surface area (Å²) in [6.45, 7) is 5.60. The second-order valence-corrected chi connectivity index (χ2v) is 8.41. The molecule has 6 nitrogen and oxygen atoms in total. The van der Waals surface area contributed by atoms with Crippen LogP contribution < -0.4 is 10.6 Å². The molecule has 0 bridgehead atoms. The zero-order valence-electron chi connectivity index (χ0n) is 17.7. The van der Waals surface area contributed by atoms with Gasteiger partial charge in [-0.2, -0.15) is 0 Å². The minimum absolute atomic E-state index is 0.101. The van der Waals surface area contributed by atoms with Crippen LogP contribution in [-0.2, 0) is 16.6 Å². The number of nitrogens with zero attached hydrogens (tertiary/aromatic N) is 1. The lowest BCUT2D eigenvalue weighted by molar-refractivity contribution is -0.124. The summed E-state index contributed by atoms with van der Waals surface area (Å²) in [5.74, 6) is -0.0268. The molecule has 1 aromatic heterocycles. The average molecular weight is 400 g/mol. The van der Waals surface area contributed by atoms with Gasteiger partial charge in [-0.25, -0.2) is 0 Å². The number of amides is 2. The van der Waals surface area contributed by atoms with Crippen molar-refractivity contribution in [3.8, 4) is 0 Å². The summed E-state index contributed by atoms with van der Waals surface area (Å²) in [7, 11) is 1.88. The standard InChI is InChI=1S/C23H33N3O3/c1-16(2)14-19(22(27)24-18-9-6-7-12-29-13-11-18)25-23(28)21-15-17-8-4-5-10-20(17)26(21)3/h4-5,8,10,15-16,18-19H,6-7,9,11-14H2,1-3H3,(H,24,27)(H,25,28). The largest absolute Gasteiger partial charge is 0.381 e. The molecule has 158 valence electrons. The van der Waals surface area contributed by atoms with Crippen LogP contribution in [0, 0.1) is 5.92 Å². The van der Waals surface area contributed by atoms with Gasteiger partial charge in [0.15, 0.2) is 0 Å². The van der Waals surface area contributed by atoms with Gasteiger partial charge in [0.1, 0.15) is 11.7 Å². The molecule has 0 radical (unpaired) electrons.